The van der Waals surface area contributed by atoms with Gasteiger partial charge in [0.2, 0.25) is 5.91 Å². The zero-order chi connectivity index (χ0) is 22.8. The third-order valence-electron chi connectivity index (χ3n) is 5.13. The monoisotopic (exact) mass is 420 g/mol. The normalized spacial score (nSPS) is 12.8. The average molecular weight is 421 g/mol. The smallest absolute Gasteiger partial charge is 0.219 e. The maximum Gasteiger partial charge on any atom is 0.219 e. The Balaban J connectivity index is 0.000000807. The van der Waals surface area contributed by atoms with Gasteiger partial charge in [0, 0.05) is 42.9 Å². The molecule has 1 N–H and O–H groups in total. The molecule has 1 fully saturated rings. The van der Waals surface area contributed by atoms with Gasteiger partial charge >= 0.3 is 0 Å². The lowest BCUT2D eigenvalue weighted by atomic mass is 9.99. The number of anilines is 1. The van der Waals surface area contributed by atoms with Crippen LogP contribution in [0.25, 0.3) is 22.3 Å². The van der Waals surface area contributed by atoms with Crippen LogP contribution >= 0.6 is 0 Å². The van der Waals surface area contributed by atoms with E-state index in [9.17, 15) is 4.79 Å². The van der Waals surface area contributed by atoms with E-state index < -0.39 is 0 Å². The van der Waals surface area contributed by atoms with Crippen molar-refractivity contribution in [2.45, 2.75) is 48.0 Å². The van der Waals surface area contributed by atoms with Gasteiger partial charge in [-0.25, -0.2) is 9.97 Å². The lowest BCUT2D eigenvalue weighted by Gasteiger charge is -2.40. The molecule has 0 spiro atoms. The summed E-state index contributed by atoms with van der Waals surface area (Å²) in [4.78, 5) is 23.5. The fourth-order valence-corrected chi connectivity index (χ4v) is 3.50. The van der Waals surface area contributed by atoms with Crippen LogP contribution in [0.3, 0.4) is 0 Å². The molecule has 0 saturated carbocycles. The Hall–Kier alpha value is -2.95. The summed E-state index contributed by atoms with van der Waals surface area (Å²) in [7, 11) is 0. The summed E-state index contributed by atoms with van der Waals surface area (Å²) in [6.07, 6.45) is 0.534. The molecule has 0 radical (unpaired) electrons. The number of fused-ring (bicyclic) bond motifs is 1. The van der Waals surface area contributed by atoms with Gasteiger partial charge in [-0.15, -0.1) is 0 Å². The topological polar surface area (TPSA) is 58.1 Å². The minimum absolute atomic E-state index is 0.114. The molecular formula is C26H36N4O. The standard InChI is InChI=1S/C22H24N4O.2C2H6/c1-3-20(27)23-12-16-13-26(14-16)22-18-10-6-7-11-19(18)24-21(25-22)17-9-5-4-8-15(17)2;2*1-2/h4-11,16H,3,12-14H2,1-2H3,(H,23,27);2*1-2H3. The van der Waals surface area contributed by atoms with Crippen molar-refractivity contribution < 1.29 is 4.79 Å². The summed E-state index contributed by atoms with van der Waals surface area (Å²) in [5, 5.41) is 4.06. The van der Waals surface area contributed by atoms with Crippen LogP contribution in [-0.4, -0.2) is 35.5 Å². The van der Waals surface area contributed by atoms with Gasteiger partial charge in [-0.2, -0.15) is 0 Å². The lowest BCUT2D eigenvalue weighted by Crippen LogP contribution is -2.52. The number of carbonyl (C=O) groups is 1. The minimum Gasteiger partial charge on any atom is -0.356 e. The molecule has 1 aromatic heterocycles. The van der Waals surface area contributed by atoms with Gasteiger partial charge in [0.25, 0.3) is 0 Å². The Morgan fingerprint density at radius 2 is 1.65 bits per heavy atom. The van der Waals surface area contributed by atoms with Crippen molar-refractivity contribution in [1.82, 2.24) is 15.3 Å². The molecule has 2 aromatic carbocycles. The number of hydrogen-bond donors (Lipinski definition) is 1. The van der Waals surface area contributed by atoms with Crippen molar-refractivity contribution in [3.8, 4) is 11.4 Å². The molecule has 1 amide bonds. The summed E-state index contributed by atoms with van der Waals surface area (Å²) in [5.74, 6) is 2.33. The van der Waals surface area contributed by atoms with Crippen LogP contribution < -0.4 is 10.2 Å². The van der Waals surface area contributed by atoms with Gasteiger partial charge in [0.1, 0.15) is 5.82 Å². The van der Waals surface area contributed by atoms with Crippen LogP contribution in [-0.2, 0) is 4.79 Å². The van der Waals surface area contributed by atoms with Crippen LogP contribution in [0.2, 0.25) is 0 Å². The number of benzene rings is 2. The Kier molecular flexibility index (Phi) is 9.44. The summed E-state index contributed by atoms with van der Waals surface area (Å²) in [5.41, 5.74) is 3.20. The molecule has 5 heteroatoms. The summed E-state index contributed by atoms with van der Waals surface area (Å²) in [6, 6.07) is 16.4. The molecule has 1 aliphatic rings. The number of carbonyl (C=O) groups excluding carboxylic acids is 1. The molecule has 3 aromatic rings. The van der Waals surface area contributed by atoms with Crippen molar-refractivity contribution in [1.29, 1.82) is 0 Å². The molecule has 0 aliphatic carbocycles. The molecule has 0 bridgehead atoms. The molecule has 1 aliphatic heterocycles. The van der Waals surface area contributed by atoms with Crippen LogP contribution in [0.5, 0.6) is 0 Å². The van der Waals surface area contributed by atoms with Crippen LogP contribution in [0.4, 0.5) is 5.82 Å². The van der Waals surface area contributed by atoms with E-state index in [0.29, 0.717) is 12.3 Å². The highest BCUT2D eigenvalue weighted by molar-refractivity contribution is 5.91. The Labute approximate surface area is 186 Å². The van der Waals surface area contributed by atoms with E-state index >= 15 is 0 Å². The van der Waals surface area contributed by atoms with Gasteiger partial charge in [-0.1, -0.05) is 71.0 Å². The number of para-hydroxylation sites is 1. The van der Waals surface area contributed by atoms with Crippen LogP contribution in [0.15, 0.2) is 48.5 Å². The van der Waals surface area contributed by atoms with Crippen molar-refractivity contribution in [2.75, 3.05) is 24.5 Å². The molecule has 1 saturated heterocycles. The zero-order valence-corrected chi connectivity index (χ0v) is 19.8. The first-order chi connectivity index (χ1) is 15.2. The van der Waals surface area contributed by atoms with E-state index in [0.717, 1.165) is 47.7 Å². The molecule has 166 valence electrons. The van der Waals surface area contributed by atoms with E-state index in [1.165, 1.54) is 5.56 Å². The largest absolute Gasteiger partial charge is 0.356 e. The molecule has 0 atom stereocenters. The van der Waals surface area contributed by atoms with Gasteiger partial charge in [-0.3, -0.25) is 4.79 Å². The number of amides is 1. The Morgan fingerprint density at radius 3 is 2.32 bits per heavy atom. The predicted molar refractivity (Wildman–Crippen MR) is 131 cm³/mol. The third kappa shape index (κ3) is 5.81. The molecular weight excluding hydrogens is 384 g/mol. The molecule has 4 rings (SSSR count). The number of aromatic nitrogens is 2. The SMILES string of the molecule is CC.CC.CCC(=O)NCC1CN(c2nc(-c3ccccc3C)nc3ccccc23)C1. The summed E-state index contributed by atoms with van der Waals surface area (Å²) in [6.45, 7) is 14.5. The highest BCUT2D eigenvalue weighted by atomic mass is 16.1. The maximum atomic E-state index is 11.5. The fourth-order valence-electron chi connectivity index (χ4n) is 3.50. The predicted octanol–water partition coefficient (Wildman–Crippen LogP) is 5.62. The summed E-state index contributed by atoms with van der Waals surface area (Å²) < 4.78 is 0. The summed E-state index contributed by atoms with van der Waals surface area (Å²) >= 11 is 0. The van der Waals surface area contributed by atoms with Crippen LogP contribution in [0, 0.1) is 12.8 Å². The van der Waals surface area contributed by atoms with E-state index in [4.69, 9.17) is 9.97 Å². The third-order valence-corrected chi connectivity index (χ3v) is 5.13. The minimum atomic E-state index is 0.114. The van der Waals surface area contributed by atoms with E-state index in [1.807, 2.05) is 65.0 Å². The molecule has 2 heterocycles. The first kappa shape index (κ1) is 24.3. The zero-order valence-electron chi connectivity index (χ0n) is 19.8. The first-order valence-electron chi connectivity index (χ1n) is 11.5. The second-order valence-electron chi connectivity index (χ2n) is 7.13. The van der Waals surface area contributed by atoms with Gasteiger partial charge in [0.15, 0.2) is 5.82 Å². The molecule has 31 heavy (non-hydrogen) atoms. The van der Waals surface area contributed by atoms with Gasteiger partial charge in [0.05, 0.1) is 5.52 Å². The van der Waals surface area contributed by atoms with Gasteiger partial charge < -0.3 is 10.2 Å². The number of nitrogens with one attached hydrogen (secondary N) is 1. The highest BCUT2D eigenvalue weighted by Gasteiger charge is 2.29. The van der Waals surface area contributed by atoms with E-state index in [1.54, 1.807) is 0 Å². The molecule has 5 nitrogen and oxygen atoms in total. The lowest BCUT2D eigenvalue weighted by molar-refractivity contribution is -0.121. The average Bonchev–Trinajstić information content (AvgIpc) is 2.80. The van der Waals surface area contributed by atoms with Crippen molar-refractivity contribution >= 4 is 22.6 Å². The van der Waals surface area contributed by atoms with Crippen molar-refractivity contribution in [2.24, 2.45) is 5.92 Å². The van der Waals surface area contributed by atoms with Crippen LogP contribution in [0.1, 0.15) is 46.6 Å². The Bertz CT molecular complexity index is 980. The molecule has 0 unspecified atom stereocenters. The van der Waals surface area contributed by atoms with Gasteiger partial charge in [-0.05, 0) is 24.6 Å². The number of nitrogens with zero attached hydrogens (tertiary/aromatic N) is 3. The number of aryl methyl sites for hydroxylation is 1. The second-order valence-corrected chi connectivity index (χ2v) is 7.13. The highest BCUT2D eigenvalue weighted by Crippen LogP contribution is 2.32. The number of rotatable bonds is 5. The fraction of sp³-hybridized carbons (Fsp3) is 0.423. The first-order valence-corrected chi connectivity index (χ1v) is 11.5. The Morgan fingerprint density at radius 1 is 1.00 bits per heavy atom. The van der Waals surface area contributed by atoms with Crippen molar-refractivity contribution in [3.05, 3.63) is 54.1 Å². The quantitative estimate of drug-likeness (QED) is 0.582. The van der Waals surface area contributed by atoms with E-state index in [-0.39, 0.29) is 5.91 Å². The number of hydrogen-bond acceptors (Lipinski definition) is 4. The maximum absolute atomic E-state index is 11.5. The van der Waals surface area contributed by atoms with Crippen molar-refractivity contribution in [3.63, 3.8) is 0 Å². The second kappa shape index (κ2) is 12.0. The van der Waals surface area contributed by atoms with E-state index in [2.05, 4.69) is 35.3 Å².